The number of amides is 1. The number of methoxy groups -OCH3 is 1. The van der Waals surface area contributed by atoms with Gasteiger partial charge in [-0.2, -0.15) is 0 Å². The fourth-order valence-electron chi connectivity index (χ4n) is 1.78. The Morgan fingerprint density at radius 2 is 2.29 bits per heavy atom. The predicted molar refractivity (Wildman–Crippen MR) is 79.0 cm³/mol. The summed E-state index contributed by atoms with van der Waals surface area (Å²) >= 11 is 1.30. The van der Waals surface area contributed by atoms with Crippen LogP contribution >= 0.6 is 11.3 Å². The summed E-state index contributed by atoms with van der Waals surface area (Å²) in [6.45, 7) is 3.11. The van der Waals surface area contributed by atoms with Crippen molar-refractivity contribution in [3.63, 3.8) is 0 Å². The molecule has 0 saturated carbocycles. The monoisotopic (exact) mass is 310 g/mol. The molecule has 1 amide bonds. The highest BCUT2D eigenvalue weighted by Crippen LogP contribution is 2.15. The molecule has 1 N–H and O–H groups in total. The Kier molecular flexibility index (Phi) is 5.43. The van der Waals surface area contributed by atoms with Crippen LogP contribution < -0.4 is 5.32 Å². The first-order valence-electron chi connectivity index (χ1n) is 6.42. The van der Waals surface area contributed by atoms with Crippen molar-refractivity contribution in [2.24, 2.45) is 0 Å². The van der Waals surface area contributed by atoms with Gasteiger partial charge in [0.1, 0.15) is 23.1 Å². The highest BCUT2D eigenvalue weighted by Gasteiger charge is 2.12. The molecule has 0 bridgehead atoms. The number of aryl methyl sites for hydroxylation is 1. The Labute approximate surface area is 126 Å². The second kappa shape index (κ2) is 7.30. The first-order chi connectivity index (χ1) is 10.1. The summed E-state index contributed by atoms with van der Waals surface area (Å²) in [5.41, 5.74) is 0. The molecule has 2 heterocycles. The van der Waals surface area contributed by atoms with Crippen molar-refractivity contribution >= 4 is 22.4 Å². The van der Waals surface area contributed by atoms with Crippen LogP contribution in [-0.4, -0.2) is 41.7 Å². The zero-order valence-electron chi connectivity index (χ0n) is 12.3. The molecule has 0 aromatic carbocycles. The molecule has 0 saturated heterocycles. The number of nitrogens with one attached hydrogen (secondary N) is 1. The summed E-state index contributed by atoms with van der Waals surface area (Å²) in [5, 5.41) is 11.7. The second-order valence-corrected chi connectivity index (χ2v) is 5.73. The molecule has 21 heavy (non-hydrogen) atoms. The Morgan fingerprint density at radius 3 is 2.95 bits per heavy atom. The van der Waals surface area contributed by atoms with E-state index in [1.54, 1.807) is 7.11 Å². The summed E-state index contributed by atoms with van der Waals surface area (Å²) in [4.78, 5) is 13.8. The zero-order chi connectivity index (χ0) is 15.2. The van der Waals surface area contributed by atoms with E-state index in [0.29, 0.717) is 18.3 Å². The summed E-state index contributed by atoms with van der Waals surface area (Å²) in [7, 11) is 3.44. The van der Waals surface area contributed by atoms with Gasteiger partial charge in [-0.05, 0) is 26.1 Å². The smallest absolute Gasteiger partial charge is 0.240 e. The van der Waals surface area contributed by atoms with Crippen LogP contribution in [0.4, 0.5) is 5.13 Å². The zero-order valence-corrected chi connectivity index (χ0v) is 13.1. The lowest BCUT2D eigenvalue weighted by molar-refractivity contribution is -0.117. The molecule has 0 fully saturated rings. The molecule has 0 aliphatic rings. The first kappa shape index (κ1) is 15.6. The number of ether oxygens (including phenoxy) is 1. The van der Waals surface area contributed by atoms with Crippen LogP contribution in [0.3, 0.4) is 0 Å². The third-order valence-corrected chi connectivity index (χ3v) is 3.43. The van der Waals surface area contributed by atoms with Gasteiger partial charge in [-0.3, -0.25) is 15.0 Å². The normalized spacial score (nSPS) is 11.0. The Bertz CT molecular complexity index is 596. The molecule has 0 radical (unpaired) electrons. The molecule has 7 nitrogen and oxygen atoms in total. The van der Waals surface area contributed by atoms with E-state index in [9.17, 15) is 4.79 Å². The number of hydrogen-bond acceptors (Lipinski definition) is 7. The number of rotatable bonds is 7. The number of nitrogens with zero attached hydrogens (tertiary/aromatic N) is 3. The third-order valence-electron chi connectivity index (χ3n) is 2.62. The van der Waals surface area contributed by atoms with Gasteiger partial charge in [0.25, 0.3) is 0 Å². The van der Waals surface area contributed by atoms with Crippen molar-refractivity contribution < 1.29 is 13.9 Å². The average Bonchev–Trinajstić information content (AvgIpc) is 2.99. The Hall–Kier alpha value is -1.77. The van der Waals surface area contributed by atoms with Gasteiger partial charge in [0.2, 0.25) is 11.0 Å². The average molecular weight is 310 g/mol. The quantitative estimate of drug-likeness (QED) is 0.837. The standard InChI is InChI=1S/C13H18N4O3S/c1-9-4-5-10(20-9)6-17(2)7-11(18)14-13-16-15-12(21-13)8-19-3/h4-5H,6-8H2,1-3H3,(H,14,16,18). The fraction of sp³-hybridized carbons (Fsp3) is 0.462. The van der Waals surface area contributed by atoms with Gasteiger partial charge in [-0.15, -0.1) is 10.2 Å². The van der Waals surface area contributed by atoms with Crippen LogP contribution in [0.5, 0.6) is 0 Å². The lowest BCUT2D eigenvalue weighted by Gasteiger charge is -2.13. The largest absolute Gasteiger partial charge is 0.465 e. The SMILES string of the molecule is COCc1nnc(NC(=O)CN(C)Cc2ccc(C)o2)s1. The summed E-state index contributed by atoms with van der Waals surface area (Å²) in [5.74, 6) is 1.56. The molecule has 8 heteroatoms. The van der Waals surface area contributed by atoms with E-state index in [0.717, 1.165) is 16.5 Å². The number of hydrogen-bond donors (Lipinski definition) is 1. The molecule has 0 unspecified atom stereocenters. The summed E-state index contributed by atoms with van der Waals surface area (Å²) < 4.78 is 10.4. The molecule has 0 atom stereocenters. The van der Waals surface area contributed by atoms with E-state index in [1.807, 2.05) is 31.0 Å². The molecule has 2 rings (SSSR count). The minimum atomic E-state index is -0.138. The van der Waals surface area contributed by atoms with Gasteiger partial charge in [-0.25, -0.2) is 0 Å². The number of likely N-dealkylation sites (N-methyl/N-ethyl adjacent to an activating group) is 1. The third kappa shape index (κ3) is 4.92. The van der Waals surface area contributed by atoms with E-state index in [2.05, 4.69) is 15.5 Å². The maximum atomic E-state index is 11.9. The maximum Gasteiger partial charge on any atom is 0.240 e. The molecular weight excluding hydrogens is 292 g/mol. The lowest BCUT2D eigenvalue weighted by Crippen LogP contribution is -2.29. The molecule has 0 aliphatic heterocycles. The Morgan fingerprint density at radius 1 is 1.48 bits per heavy atom. The molecule has 0 spiro atoms. The highest BCUT2D eigenvalue weighted by molar-refractivity contribution is 7.15. The van der Waals surface area contributed by atoms with Gasteiger partial charge >= 0.3 is 0 Å². The second-order valence-electron chi connectivity index (χ2n) is 4.67. The van der Waals surface area contributed by atoms with Crippen molar-refractivity contribution in [2.45, 2.75) is 20.1 Å². The van der Waals surface area contributed by atoms with Crippen molar-refractivity contribution in [3.8, 4) is 0 Å². The van der Waals surface area contributed by atoms with E-state index < -0.39 is 0 Å². The number of anilines is 1. The van der Waals surface area contributed by atoms with Crippen molar-refractivity contribution in [2.75, 3.05) is 26.0 Å². The van der Waals surface area contributed by atoms with Crippen LogP contribution in [-0.2, 0) is 22.7 Å². The predicted octanol–water partition coefficient (Wildman–Crippen LogP) is 1.66. The minimum Gasteiger partial charge on any atom is -0.465 e. The number of furan rings is 1. The van der Waals surface area contributed by atoms with Crippen molar-refractivity contribution in [1.82, 2.24) is 15.1 Å². The van der Waals surface area contributed by atoms with Crippen molar-refractivity contribution in [3.05, 3.63) is 28.7 Å². The van der Waals surface area contributed by atoms with Crippen LogP contribution in [0.2, 0.25) is 0 Å². The topological polar surface area (TPSA) is 80.5 Å². The number of carbonyl (C=O) groups excluding carboxylic acids is 1. The number of carbonyl (C=O) groups is 1. The number of aromatic nitrogens is 2. The van der Waals surface area contributed by atoms with Gasteiger partial charge in [0.15, 0.2) is 0 Å². The Balaban J connectivity index is 1.80. The lowest BCUT2D eigenvalue weighted by atomic mass is 10.4. The van der Waals surface area contributed by atoms with Crippen molar-refractivity contribution in [1.29, 1.82) is 0 Å². The summed E-state index contributed by atoms with van der Waals surface area (Å²) in [6, 6.07) is 3.81. The van der Waals surface area contributed by atoms with Crippen LogP contribution in [0.1, 0.15) is 16.5 Å². The van der Waals surface area contributed by atoms with Crippen LogP contribution in [0.15, 0.2) is 16.5 Å². The van der Waals surface area contributed by atoms with E-state index in [1.165, 1.54) is 11.3 Å². The van der Waals surface area contributed by atoms with E-state index >= 15 is 0 Å². The van der Waals surface area contributed by atoms with E-state index in [-0.39, 0.29) is 12.5 Å². The van der Waals surface area contributed by atoms with Crippen LogP contribution in [0, 0.1) is 6.92 Å². The molecule has 0 aliphatic carbocycles. The van der Waals surface area contributed by atoms with Crippen LogP contribution in [0.25, 0.3) is 0 Å². The first-order valence-corrected chi connectivity index (χ1v) is 7.23. The fourth-order valence-corrected chi connectivity index (χ4v) is 2.51. The molecule has 114 valence electrons. The van der Waals surface area contributed by atoms with E-state index in [4.69, 9.17) is 9.15 Å². The molecule has 2 aromatic heterocycles. The maximum absolute atomic E-state index is 11.9. The minimum absolute atomic E-state index is 0.138. The van der Waals surface area contributed by atoms with Gasteiger partial charge in [0.05, 0.1) is 13.1 Å². The van der Waals surface area contributed by atoms with Gasteiger partial charge in [-0.1, -0.05) is 11.3 Å². The molecule has 2 aromatic rings. The van der Waals surface area contributed by atoms with Gasteiger partial charge in [0, 0.05) is 7.11 Å². The molecular formula is C13H18N4O3S. The highest BCUT2D eigenvalue weighted by atomic mass is 32.1. The summed E-state index contributed by atoms with van der Waals surface area (Å²) in [6.07, 6.45) is 0. The van der Waals surface area contributed by atoms with Gasteiger partial charge < -0.3 is 9.15 Å².